The molecule has 0 N–H and O–H groups in total. The van der Waals surface area contributed by atoms with Crippen LogP contribution < -0.4 is 4.57 Å². The smallest absolute Gasteiger partial charge is 0.213 e. The van der Waals surface area contributed by atoms with Crippen LogP contribution in [0.2, 0.25) is 0 Å². The molecule has 0 bridgehead atoms. The predicted molar refractivity (Wildman–Crippen MR) is 147 cm³/mol. The zero-order chi connectivity index (χ0) is 24.4. The first kappa shape index (κ1) is 23.2. The Morgan fingerprint density at radius 2 is 1.49 bits per heavy atom. The lowest BCUT2D eigenvalue weighted by Crippen LogP contribution is -2.59. The fourth-order valence-electron chi connectivity index (χ4n) is 5.65. The molecule has 1 aliphatic rings. The molecule has 2 nitrogen and oxygen atoms in total. The summed E-state index contributed by atoms with van der Waals surface area (Å²) >= 11 is 0. The summed E-state index contributed by atoms with van der Waals surface area (Å²) in [4.78, 5) is 4.61. The van der Waals surface area contributed by atoms with Gasteiger partial charge in [-0.2, -0.15) is 4.57 Å². The lowest BCUT2D eigenvalue weighted by Gasteiger charge is -2.34. The van der Waals surface area contributed by atoms with Crippen molar-refractivity contribution >= 4 is 5.57 Å². The van der Waals surface area contributed by atoms with E-state index in [1.807, 2.05) is 12.4 Å². The summed E-state index contributed by atoms with van der Waals surface area (Å²) in [6, 6.07) is 24.5. The van der Waals surface area contributed by atoms with Crippen LogP contribution in [0.3, 0.4) is 0 Å². The number of aromatic nitrogens is 2. The lowest BCUT2D eigenvalue weighted by atomic mass is 9.75. The number of benzene rings is 2. The molecule has 176 valence electrons. The number of hydrogen-bond donors (Lipinski definition) is 0. The largest absolute Gasteiger partial charge is 0.263 e. The van der Waals surface area contributed by atoms with Gasteiger partial charge in [-0.05, 0) is 53.3 Å². The minimum absolute atomic E-state index is 0.0735. The highest BCUT2D eigenvalue weighted by Crippen LogP contribution is 2.44. The fraction of sp³-hybridized carbons (Fsp3) is 0.273. The molecule has 0 radical (unpaired) electrons. The molecular formula is C33H35N2+. The standard InChI is InChI=1S/C33H35N2/c1-5-8-11-25-13-15-26(16-14-25)28-20-29(23-34-22-28)27-17-18-30-24(4)33(6-2,7-3)35-19-10-9-12-32(35)31(30)21-27/h9-10,12-23H,4-8,11H2,1-3H3/q+1. The maximum Gasteiger partial charge on any atom is 0.213 e. The second-order valence-corrected chi connectivity index (χ2v) is 9.70. The van der Waals surface area contributed by atoms with Crippen LogP contribution in [0.1, 0.15) is 57.6 Å². The maximum absolute atomic E-state index is 4.61. The molecular weight excluding hydrogens is 424 g/mol. The summed E-state index contributed by atoms with van der Waals surface area (Å²) in [6.07, 6.45) is 11.8. The molecule has 1 aliphatic heterocycles. The average molecular weight is 460 g/mol. The highest BCUT2D eigenvalue weighted by molar-refractivity contribution is 5.86. The molecule has 2 heteroatoms. The van der Waals surface area contributed by atoms with Gasteiger partial charge in [0.05, 0.1) is 5.56 Å². The van der Waals surface area contributed by atoms with E-state index in [0.717, 1.165) is 30.4 Å². The van der Waals surface area contributed by atoms with Crippen molar-refractivity contribution in [2.45, 2.75) is 58.4 Å². The predicted octanol–water partition coefficient (Wildman–Crippen LogP) is 8.25. The van der Waals surface area contributed by atoms with Gasteiger partial charge in [-0.1, -0.05) is 70.2 Å². The molecule has 0 saturated heterocycles. The van der Waals surface area contributed by atoms with Crippen molar-refractivity contribution in [2.75, 3.05) is 0 Å². The van der Waals surface area contributed by atoms with Crippen LogP contribution in [-0.4, -0.2) is 4.98 Å². The Hall–Kier alpha value is -3.52. The Morgan fingerprint density at radius 3 is 2.20 bits per heavy atom. The highest BCUT2D eigenvalue weighted by Gasteiger charge is 2.46. The molecule has 0 aliphatic carbocycles. The van der Waals surface area contributed by atoms with Crippen molar-refractivity contribution in [1.29, 1.82) is 0 Å². The maximum atomic E-state index is 4.61. The number of rotatable bonds is 7. The average Bonchev–Trinajstić information content (AvgIpc) is 2.93. The number of hydrogen-bond acceptors (Lipinski definition) is 1. The van der Waals surface area contributed by atoms with E-state index in [-0.39, 0.29) is 5.54 Å². The molecule has 0 amide bonds. The molecule has 0 spiro atoms. The van der Waals surface area contributed by atoms with E-state index in [0.29, 0.717) is 0 Å². The first-order valence-electron chi connectivity index (χ1n) is 13.0. The monoisotopic (exact) mass is 459 g/mol. The van der Waals surface area contributed by atoms with Gasteiger partial charge in [0, 0.05) is 54.1 Å². The van der Waals surface area contributed by atoms with Gasteiger partial charge in [0.25, 0.3) is 0 Å². The Bertz CT molecular complexity index is 1360. The first-order valence-corrected chi connectivity index (χ1v) is 13.0. The molecule has 2 aromatic heterocycles. The summed E-state index contributed by atoms with van der Waals surface area (Å²) < 4.78 is 2.44. The van der Waals surface area contributed by atoms with Gasteiger partial charge in [0.1, 0.15) is 0 Å². The number of nitrogens with zero attached hydrogens (tertiary/aromatic N) is 2. The molecule has 2 aromatic carbocycles. The third-order valence-electron chi connectivity index (χ3n) is 7.85. The van der Waals surface area contributed by atoms with Crippen LogP contribution in [0.15, 0.2) is 91.9 Å². The summed E-state index contributed by atoms with van der Waals surface area (Å²) in [5.74, 6) is 0. The Kier molecular flexibility index (Phi) is 6.38. The van der Waals surface area contributed by atoms with Crippen molar-refractivity contribution < 1.29 is 4.57 Å². The van der Waals surface area contributed by atoms with Crippen molar-refractivity contribution in [3.05, 3.63) is 103 Å². The molecule has 3 heterocycles. The van der Waals surface area contributed by atoms with Crippen molar-refractivity contribution in [3.8, 4) is 33.5 Å². The molecule has 0 fully saturated rings. The number of unbranched alkanes of at least 4 members (excludes halogenated alkanes) is 1. The van der Waals surface area contributed by atoms with Crippen LogP contribution >= 0.6 is 0 Å². The van der Waals surface area contributed by atoms with E-state index in [9.17, 15) is 0 Å². The Labute approximate surface area is 210 Å². The molecule has 0 unspecified atom stereocenters. The van der Waals surface area contributed by atoms with Crippen LogP contribution in [0.5, 0.6) is 0 Å². The minimum Gasteiger partial charge on any atom is -0.263 e. The molecule has 4 aromatic rings. The van der Waals surface area contributed by atoms with Gasteiger partial charge in [-0.3, -0.25) is 4.98 Å². The number of pyridine rings is 2. The molecule has 35 heavy (non-hydrogen) atoms. The summed E-state index contributed by atoms with van der Waals surface area (Å²) in [5, 5.41) is 0. The summed E-state index contributed by atoms with van der Waals surface area (Å²) in [5.41, 5.74) is 11.0. The topological polar surface area (TPSA) is 16.8 Å². The molecule has 5 rings (SSSR count). The van der Waals surface area contributed by atoms with Crippen molar-refractivity contribution in [1.82, 2.24) is 4.98 Å². The SMILES string of the molecule is C=C1c2ccc(-c3cncc(-c4ccc(CCCC)cc4)c3)cc2-c2cccc[n+]2C1(CC)CC. The van der Waals surface area contributed by atoms with Gasteiger partial charge >= 0.3 is 0 Å². The zero-order valence-electron chi connectivity index (χ0n) is 21.2. The zero-order valence-corrected chi connectivity index (χ0v) is 21.2. The van der Waals surface area contributed by atoms with Crippen molar-refractivity contribution in [3.63, 3.8) is 0 Å². The number of fused-ring (bicyclic) bond motifs is 3. The Morgan fingerprint density at radius 1 is 0.771 bits per heavy atom. The highest BCUT2D eigenvalue weighted by atomic mass is 15.1. The second-order valence-electron chi connectivity index (χ2n) is 9.70. The van der Waals surface area contributed by atoms with Gasteiger partial charge in [0.2, 0.25) is 5.69 Å². The molecule has 0 atom stereocenters. The number of aryl methyl sites for hydroxylation is 1. The second kappa shape index (κ2) is 9.62. The van der Waals surface area contributed by atoms with Gasteiger partial charge in [-0.25, -0.2) is 0 Å². The minimum atomic E-state index is -0.0735. The summed E-state index contributed by atoms with van der Waals surface area (Å²) in [6.45, 7) is 11.4. The van der Waals surface area contributed by atoms with E-state index >= 15 is 0 Å². The lowest BCUT2D eigenvalue weighted by molar-refractivity contribution is -0.741. The number of allylic oxidation sites excluding steroid dienone is 1. The molecule has 0 saturated carbocycles. The van der Waals surface area contributed by atoms with Crippen LogP contribution in [0.4, 0.5) is 0 Å². The van der Waals surface area contributed by atoms with Gasteiger partial charge < -0.3 is 0 Å². The Balaban J connectivity index is 1.54. The summed E-state index contributed by atoms with van der Waals surface area (Å²) in [7, 11) is 0. The third-order valence-corrected chi connectivity index (χ3v) is 7.85. The van der Waals surface area contributed by atoms with E-state index in [2.05, 4.69) is 110 Å². The van der Waals surface area contributed by atoms with Gasteiger partial charge in [-0.15, -0.1) is 0 Å². The first-order chi connectivity index (χ1) is 17.1. The van der Waals surface area contributed by atoms with E-state index < -0.39 is 0 Å². The van der Waals surface area contributed by atoms with E-state index in [4.69, 9.17) is 0 Å². The fourth-order valence-corrected chi connectivity index (χ4v) is 5.65. The normalized spacial score (nSPS) is 13.9. The van der Waals surface area contributed by atoms with Gasteiger partial charge in [0.15, 0.2) is 11.7 Å². The van der Waals surface area contributed by atoms with Crippen LogP contribution in [-0.2, 0) is 12.0 Å². The van der Waals surface area contributed by atoms with E-state index in [1.54, 1.807) is 0 Å². The van der Waals surface area contributed by atoms with Crippen LogP contribution in [0.25, 0.3) is 39.1 Å². The van der Waals surface area contributed by atoms with E-state index in [1.165, 1.54) is 51.9 Å². The quantitative estimate of drug-likeness (QED) is 0.254. The van der Waals surface area contributed by atoms with Crippen LogP contribution in [0, 0.1) is 0 Å². The third kappa shape index (κ3) is 4.01. The van der Waals surface area contributed by atoms with Crippen molar-refractivity contribution in [2.24, 2.45) is 0 Å².